The van der Waals surface area contributed by atoms with Crippen LogP contribution in [0, 0.1) is 19.8 Å². The van der Waals surface area contributed by atoms with Crippen molar-refractivity contribution >= 4 is 33.3 Å². The number of anilines is 2. The second kappa shape index (κ2) is 9.01. The van der Waals surface area contributed by atoms with Crippen molar-refractivity contribution < 1.29 is 22.7 Å². The largest absolute Gasteiger partial charge is 0.461 e. The van der Waals surface area contributed by atoms with Crippen LogP contribution in [0.15, 0.2) is 29.2 Å². The lowest BCUT2D eigenvalue weighted by Gasteiger charge is -2.33. The number of aromatic nitrogens is 1. The van der Waals surface area contributed by atoms with Gasteiger partial charge in [-0.15, -0.1) is 0 Å². The highest BCUT2D eigenvalue weighted by molar-refractivity contribution is 7.92. The van der Waals surface area contributed by atoms with Gasteiger partial charge in [-0.05, 0) is 45.7 Å². The second-order valence-electron chi connectivity index (χ2n) is 7.59. The number of H-pyrrole nitrogens is 1. The minimum absolute atomic E-state index is 0.0257. The molecule has 0 aliphatic carbocycles. The van der Waals surface area contributed by atoms with Crippen LogP contribution in [-0.4, -0.2) is 45.0 Å². The molecule has 0 bridgehead atoms. The Morgan fingerprint density at radius 2 is 1.87 bits per heavy atom. The molecule has 1 aliphatic rings. The van der Waals surface area contributed by atoms with E-state index < -0.39 is 16.0 Å². The van der Waals surface area contributed by atoms with E-state index in [0.717, 1.165) is 5.69 Å². The number of esters is 1. The van der Waals surface area contributed by atoms with Gasteiger partial charge in [0.25, 0.3) is 10.0 Å². The van der Waals surface area contributed by atoms with E-state index in [2.05, 4.69) is 9.71 Å². The van der Waals surface area contributed by atoms with Gasteiger partial charge in [0.05, 0.1) is 18.0 Å². The Labute approximate surface area is 182 Å². The summed E-state index contributed by atoms with van der Waals surface area (Å²) in [7, 11) is -3.98. The van der Waals surface area contributed by atoms with Crippen molar-refractivity contribution in [2.24, 2.45) is 11.7 Å². The van der Waals surface area contributed by atoms with Crippen LogP contribution in [0.5, 0.6) is 0 Å². The lowest BCUT2D eigenvalue weighted by atomic mass is 9.96. The zero-order valence-electron chi connectivity index (χ0n) is 17.9. The topological polar surface area (TPSA) is 135 Å². The Kier molecular flexibility index (Phi) is 6.59. The van der Waals surface area contributed by atoms with Crippen molar-refractivity contribution in [2.45, 2.75) is 38.5 Å². The normalized spacial score (nSPS) is 15.0. The number of amides is 1. The number of ether oxygens (including phenoxy) is 1. The van der Waals surface area contributed by atoms with E-state index in [1.54, 1.807) is 32.9 Å². The molecule has 9 nitrogen and oxygen atoms in total. The smallest absolute Gasteiger partial charge is 0.355 e. The number of aryl methyl sites for hydroxylation is 1. The fourth-order valence-electron chi connectivity index (χ4n) is 3.98. The van der Waals surface area contributed by atoms with Crippen LogP contribution in [0.1, 0.15) is 41.5 Å². The number of primary amides is 1. The Morgan fingerprint density at radius 3 is 2.48 bits per heavy atom. The second-order valence-corrected chi connectivity index (χ2v) is 9.21. The average molecular weight is 449 g/mol. The number of carbonyl (C=O) groups is 2. The summed E-state index contributed by atoms with van der Waals surface area (Å²) in [4.78, 5) is 28.5. The molecule has 1 fully saturated rings. The molecule has 31 heavy (non-hydrogen) atoms. The number of carbonyl (C=O) groups excluding carboxylic acids is 2. The molecule has 0 atom stereocenters. The van der Waals surface area contributed by atoms with Crippen LogP contribution in [-0.2, 0) is 19.6 Å². The summed E-state index contributed by atoms with van der Waals surface area (Å²) in [6.07, 6.45) is 1.24. The van der Waals surface area contributed by atoms with Crippen molar-refractivity contribution in [3.05, 3.63) is 41.2 Å². The lowest BCUT2D eigenvalue weighted by Crippen LogP contribution is -2.38. The summed E-state index contributed by atoms with van der Waals surface area (Å²) in [5.74, 6) is -1.06. The number of piperidine rings is 1. The molecule has 4 N–H and O–H groups in total. The molecule has 1 saturated heterocycles. The van der Waals surface area contributed by atoms with E-state index in [-0.39, 0.29) is 29.0 Å². The summed E-state index contributed by atoms with van der Waals surface area (Å²) in [6, 6.07) is 7.11. The van der Waals surface area contributed by atoms with E-state index in [1.807, 2.05) is 17.0 Å². The van der Waals surface area contributed by atoms with Gasteiger partial charge in [-0.2, -0.15) is 0 Å². The van der Waals surface area contributed by atoms with Gasteiger partial charge in [0.2, 0.25) is 5.91 Å². The summed E-state index contributed by atoms with van der Waals surface area (Å²) in [5, 5.41) is 0. The van der Waals surface area contributed by atoms with Gasteiger partial charge in [0.15, 0.2) is 0 Å². The summed E-state index contributed by atoms with van der Waals surface area (Å²) in [5.41, 5.74) is 7.36. The van der Waals surface area contributed by atoms with E-state index >= 15 is 0 Å². The van der Waals surface area contributed by atoms with E-state index in [1.165, 1.54) is 0 Å². The van der Waals surface area contributed by atoms with Gasteiger partial charge in [0.1, 0.15) is 10.6 Å². The molecule has 1 aliphatic heterocycles. The zero-order valence-corrected chi connectivity index (χ0v) is 18.7. The van der Waals surface area contributed by atoms with Crippen molar-refractivity contribution in [3.63, 3.8) is 0 Å². The number of nitrogens with two attached hydrogens (primary N) is 1. The van der Waals surface area contributed by atoms with Crippen molar-refractivity contribution in [3.8, 4) is 0 Å². The third kappa shape index (κ3) is 4.68. The van der Waals surface area contributed by atoms with Crippen LogP contribution >= 0.6 is 0 Å². The predicted octanol–water partition coefficient (Wildman–Crippen LogP) is 2.31. The highest BCUT2D eigenvalue weighted by Crippen LogP contribution is 2.33. The third-order valence-corrected chi connectivity index (χ3v) is 7.14. The molecule has 3 rings (SSSR count). The molecule has 2 heterocycles. The molecule has 0 unspecified atom stereocenters. The standard InChI is InChI=1S/C21H28N4O5S/c1-4-30-21(27)18-13(2)19(14(3)23-18)31(28,29)24-16-7-5-6-8-17(16)25-11-9-15(10-12-25)20(22)26/h5-8,15,23-24H,4,9-12H2,1-3H3,(H2,22,26). The minimum Gasteiger partial charge on any atom is -0.461 e. The lowest BCUT2D eigenvalue weighted by molar-refractivity contribution is -0.122. The fraction of sp³-hybridized carbons (Fsp3) is 0.429. The molecule has 10 heteroatoms. The number of nitrogens with one attached hydrogen (secondary N) is 2. The first kappa shape index (κ1) is 22.7. The first-order chi connectivity index (χ1) is 14.7. The summed E-state index contributed by atoms with van der Waals surface area (Å²) < 4.78 is 34.2. The van der Waals surface area contributed by atoms with Gasteiger partial charge >= 0.3 is 5.97 Å². The first-order valence-electron chi connectivity index (χ1n) is 10.2. The van der Waals surface area contributed by atoms with Crippen LogP contribution in [0.4, 0.5) is 11.4 Å². The molecule has 0 saturated carbocycles. The molecular weight excluding hydrogens is 420 g/mol. The fourth-order valence-corrected chi connectivity index (χ4v) is 5.50. The van der Waals surface area contributed by atoms with Crippen LogP contribution in [0.25, 0.3) is 0 Å². The first-order valence-corrected chi connectivity index (χ1v) is 11.7. The molecule has 1 aromatic carbocycles. The van der Waals surface area contributed by atoms with Gasteiger partial charge in [0, 0.05) is 30.3 Å². The van der Waals surface area contributed by atoms with Crippen LogP contribution < -0.4 is 15.4 Å². The number of para-hydroxylation sites is 2. The molecule has 0 spiro atoms. The van der Waals surface area contributed by atoms with E-state index in [9.17, 15) is 18.0 Å². The zero-order chi connectivity index (χ0) is 22.8. The third-order valence-electron chi connectivity index (χ3n) is 5.50. The maximum atomic E-state index is 13.3. The number of rotatable bonds is 7. The van der Waals surface area contributed by atoms with E-state index in [0.29, 0.717) is 42.9 Å². The molecule has 168 valence electrons. The van der Waals surface area contributed by atoms with Gasteiger partial charge in [-0.3, -0.25) is 9.52 Å². The molecule has 0 radical (unpaired) electrons. The van der Waals surface area contributed by atoms with Crippen molar-refractivity contribution in [1.82, 2.24) is 4.98 Å². The van der Waals surface area contributed by atoms with Crippen LogP contribution in [0.2, 0.25) is 0 Å². The Balaban J connectivity index is 1.89. The van der Waals surface area contributed by atoms with Gasteiger partial charge in [-0.25, -0.2) is 13.2 Å². The number of hydrogen-bond acceptors (Lipinski definition) is 6. The minimum atomic E-state index is -3.98. The summed E-state index contributed by atoms with van der Waals surface area (Å²) in [6.45, 7) is 6.25. The number of sulfonamides is 1. The van der Waals surface area contributed by atoms with Gasteiger partial charge in [-0.1, -0.05) is 12.1 Å². The monoisotopic (exact) mass is 448 g/mol. The van der Waals surface area contributed by atoms with E-state index in [4.69, 9.17) is 10.5 Å². The molecule has 2 aromatic rings. The number of aromatic amines is 1. The Bertz CT molecular complexity index is 1090. The van der Waals surface area contributed by atoms with Gasteiger partial charge < -0.3 is 20.4 Å². The van der Waals surface area contributed by atoms with Crippen LogP contribution in [0.3, 0.4) is 0 Å². The maximum absolute atomic E-state index is 13.3. The van der Waals surface area contributed by atoms with Crippen molar-refractivity contribution in [1.29, 1.82) is 0 Å². The average Bonchev–Trinajstić information content (AvgIpc) is 3.03. The molecule has 1 amide bonds. The SMILES string of the molecule is CCOC(=O)c1[nH]c(C)c(S(=O)(=O)Nc2ccccc2N2CCC(C(N)=O)CC2)c1C. The summed E-state index contributed by atoms with van der Waals surface area (Å²) >= 11 is 0. The Hall–Kier alpha value is -3.01. The number of nitrogens with zero attached hydrogens (tertiary/aromatic N) is 1. The molecule has 1 aromatic heterocycles. The van der Waals surface area contributed by atoms with Crippen molar-refractivity contribution in [2.75, 3.05) is 29.3 Å². The molecular formula is C21H28N4O5S. The quantitative estimate of drug-likeness (QED) is 0.557. The Morgan fingerprint density at radius 1 is 1.23 bits per heavy atom. The maximum Gasteiger partial charge on any atom is 0.355 e. The highest BCUT2D eigenvalue weighted by atomic mass is 32.2. The highest BCUT2D eigenvalue weighted by Gasteiger charge is 2.29. The number of benzene rings is 1. The predicted molar refractivity (Wildman–Crippen MR) is 118 cm³/mol. The number of hydrogen-bond donors (Lipinski definition) is 3.